The second-order valence-electron chi connectivity index (χ2n) is 6.94. The van der Waals surface area contributed by atoms with E-state index in [0.29, 0.717) is 11.7 Å². The predicted octanol–water partition coefficient (Wildman–Crippen LogP) is 4.30. The van der Waals surface area contributed by atoms with Gasteiger partial charge in [-0.1, -0.05) is 37.1 Å². The van der Waals surface area contributed by atoms with Crippen LogP contribution in [0.5, 0.6) is 0 Å². The lowest BCUT2D eigenvalue weighted by atomic mass is 10.1. The van der Waals surface area contributed by atoms with Gasteiger partial charge in [0.1, 0.15) is 0 Å². The smallest absolute Gasteiger partial charge is 0.261 e. The third-order valence-corrected chi connectivity index (χ3v) is 6.26. The molecule has 0 amide bonds. The molecule has 3 rings (SSSR count). The summed E-state index contributed by atoms with van der Waals surface area (Å²) in [4.78, 5) is 2.74. The highest BCUT2D eigenvalue weighted by Crippen LogP contribution is 2.29. The maximum absolute atomic E-state index is 12.5. The molecule has 25 heavy (non-hydrogen) atoms. The first-order valence-electron chi connectivity index (χ1n) is 8.84. The van der Waals surface area contributed by atoms with Gasteiger partial charge in [0, 0.05) is 24.8 Å². The van der Waals surface area contributed by atoms with E-state index >= 15 is 0 Å². The Labute approximate surface area is 150 Å². The van der Waals surface area contributed by atoms with E-state index in [2.05, 4.69) is 23.5 Å². The molecular formula is C20H26N2O2S. The third kappa shape index (κ3) is 4.05. The summed E-state index contributed by atoms with van der Waals surface area (Å²) in [6.45, 7) is 8.24. The van der Waals surface area contributed by atoms with Gasteiger partial charge in [-0.25, -0.2) is 8.42 Å². The summed E-state index contributed by atoms with van der Waals surface area (Å²) in [5, 5.41) is 0. The number of sulfonamides is 1. The topological polar surface area (TPSA) is 49.4 Å². The second-order valence-corrected chi connectivity index (χ2v) is 8.63. The number of rotatable bonds is 6. The Bertz CT molecular complexity index is 844. The normalized spacial score (nSPS) is 15.8. The molecule has 0 bridgehead atoms. The summed E-state index contributed by atoms with van der Waals surface area (Å²) in [6, 6.07) is 13.3. The van der Waals surface area contributed by atoms with Crippen molar-refractivity contribution in [3.63, 3.8) is 0 Å². The van der Waals surface area contributed by atoms with Crippen LogP contribution in [0.1, 0.15) is 43.4 Å². The van der Waals surface area contributed by atoms with Crippen LogP contribution in [0.2, 0.25) is 0 Å². The highest BCUT2D eigenvalue weighted by molar-refractivity contribution is 7.92. The van der Waals surface area contributed by atoms with Gasteiger partial charge in [-0.3, -0.25) is 9.62 Å². The number of hydrogen-bond acceptors (Lipinski definition) is 3. The molecule has 0 spiro atoms. The standard InChI is InChI=1S/C20H26N2O2S/c1-4-5-16(3)22-13-17-8-9-19(12-18(17)14-22)21-25(23,24)20-10-6-15(2)7-11-20/h6-12,16,21H,4-5,13-14H2,1-3H3. The quantitative estimate of drug-likeness (QED) is 0.837. The number of benzene rings is 2. The van der Waals surface area contributed by atoms with Gasteiger partial charge in [-0.15, -0.1) is 0 Å². The first-order valence-corrected chi connectivity index (χ1v) is 10.3. The molecule has 1 atom stereocenters. The molecule has 0 saturated carbocycles. The lowest BCUT2D eigenvalue weighted by Crippen LogP contribution is -2.27. The molecule has 0 aromatic heterocycles. The van der Waals surface area contributed by atoms with Crippen LogP contribution in [-0.2, 0) is 23.1 Å². The van der Waals surface area contributed by atoms with E-state index in [0.717, 1.165) is 18.7 Å². The van der Waals surface area contributed by atoms with Crippen molar-refractivity contribution >= 4 is 15.7 Å². The van der Waals surface area contributed by atoms with Crippen molar-refractivity contribution in [1.82, 2.24) is 4.90 Å². The Hall–Kier alpha value is -1.85. The zero-order valence-electron chi connectivity index (χ0n) is 15.1. The molecule has 5 heteroatoms. The SMILES string of the molecule is CCCC(C)N1Cc2ccc(NS(=O)(=O)c3ccc(C)cc3)cc2C1. The summed E-state index contributed by atoms with van der Waals surface area (Å²) in [5.41, 5.74) is 4.18. The van der Waals surface area contributed by atoms with Gasteiger partial charge >= 0.3 is 0 Å². The molecule has 0 saturated heterocycles. The highest BCUT2D eigenvalue weighted by Gasteiger charge is 2.23. The minimum Gasteiger partial charge on any atom is -0.292 e. The fourth-order valence-corrected chi connectivity index (χ4v) is 4.38. The number of nitrogens with one attached hydrogen (secondary N) is 1. The van der Waals surface area contributed by atoms with Gasteiger partial charge < -0.3 is 0 Å². The first-order chi connectivity index (χ1) is 11.9. The molecule has 1 aliphatic rings. The molecule has 4 nitrogen and oxygen atoms in total. The van der Waals surface area contributed by atoms with E-state index in [4.69, 9.17) is 0 Å². The summed E-state index contributed by atoms with van der Waals surface area (Å²) < 4.78 is 27.8. The zero-order valence-corrected chi connectivity index (χ0v) is 15.9. The molecule has 0 radical (unpaired) electrons. The van der Waals surface area contributed by atoms with Gasteiger partial charge in [0.15, 0.2) is 0 Å². The average Bonchev–Trinajstić information content (AvgIpc) is 2.98. The van der Waals surface area contributed by atoms with Crippen molar-refractivity contribution in [2.45, 2.75) is 57.6 Å². The Kier molecular flexibility index (Phi) is 5.16. The number of hydrogen-bond donors (Lipinski definition) is 1. The summed E-state index contributed by atoms with van der Waals surface area (Å²) in [6.07, 6.45) is 2.36. The number of aryl methyl sites for hydroxylation is 1. The molecule has 1 aliphatic heterocycles. The van der Waals surface area contributed by atoms with E-state index < -0.39 is 10.0 Å². The molecule has 134 valence electrons. The molecule has 0 fully saturated rings. The van der Waals surface area contributed by atoms with Crippen LogP contribution in [0.25, 0.3) is 0 Å². The largest absolute Gasteiger partial charge is 0.292 e. The van der Waals surface area contributed by atoms with E-state index in [1.807, 2.05) is 37.3 Å². The van der Waals surface area contributed by atoms with Gasteiger partial charge in [-0.05, 0) is 55.7 Å². The van der Waals surface area contributed by atoms with E-state index in [-0.39, 0.29) is 4.90 Å². The van der Waals surface area contributed by atoms with Crippen LogP contribution in [0.15, 0.2) is 47.4 Å². The van der Waals surface area contributed by atoms with Gasteiger partial charge in [0.2, 0.25) is 0 Å². The van der Waals surface area contributed by atoms with Crippen LogP contribution < -0.4 is 4.72 Å². The second kappa shape index (κ2) is 7.18. The molecule has 1 unspecified atom stereocenters. The number of anilines is 1. The Balaban J connectivity index is 1.76. The van der Waals surface area contributed by atoms with Crippen molar-refractivity contribution < 1.29 is 8.42 Å². The van der Waals surface area contributed by atoms with Crippen LogP contribution in [0, 0.1) is 6.92 Å². The van der Waals surface area contributed by atoms with Gasteiger partial charge in [0.05, 0.1) is 4.90 Å². The van der Waals surface area contributed by atoms with Crippen molar-refractivity contribution in [3.8, 4) is 0 Å². The Morgan fingerprint density at radius 1 is 1.08 bits per heavy atom. The van der Waals surface area contributed by atoms with E-state index in [1.54, 1.807) is 12.1 Å². The predicted molar refractivity (Wildman–Crippen MR) is 102 cm³/mol. The summed E-state index contributed by atoms with van der Waals surface area (Å²) in [7, 11) is -3.55. The van der Waals surface area contributed by atoms with E-state index in [1.165, 1.54) is 24.0 Å². The lowest BCUT2D eigenvalue weighted by molar-refractivity contribution is 0.202. The van der Waals surface area contributed by atoms with Crippen LogP contribution in [-0.4, -0.2) is 19.4 Å². The minimum atomic E-state index is -3.55. The number of nitrogens with zero attached hydrogens (tertiary/aromatic N) is 1. The van der Waals surface area contributed by atoms with Crippen LogP contribution in [0.4, 0.5) is 5.69 Å². The van der Waals surface area contributed by atoms with Crippen molar-refractivity contribution in [2.24, 2.45) is 0 Å². The number of fused-ring (bicyclic) bond motifs is 1. The maximum atomic E-state index is 12.5. The molecule has 1 N–H and O–H groups in total. The monoisotopic (exact) mass is 358 g/mol. The van der Waals surface area contributed by atoms with Crippen molar-refractivity contribution in [2.75, 3.05) is 4.72 Å². The summed E-state index contributed by atoms with van der Waals surface area (Å²) in [5.74, 6) is 0. The van der Waals surface area contributed by atoms with Crippen LogP contribution in [0.3, 0.4) is 0 Å². The lowest BCUT2D eigenvalue weighted by Gasteiger charge is -2.23. The molecular weight excluding hydrogens is 332 g/mol. The highest BCUT2D eigenvalue weighted by atomic mass is 32.2. The fourth-order valence-electron chi connectivity index (χ4n) is 3.33. The van der Waals surface area contributed by atoms with E-state index in [9.17, 15) is 8.42 Å². The van der Waals surface area contributed by atoms with Gasteiger partial charge in [-0.2, -0.15) is 0 Å². The molecule has 2 aromatic carbocycles. The Morgan fingerprint density at radius 3 is 2.44 bits per heavy atom. The van der Waals surface area contributed by atoms with Crippen molar-refractivity contribution in [3.05, 3.63) is 59.2 Å². The van der Waals surface area contributed by atoms with Crippen molar-refractivity contribution in [1.29, 1.82) is 0 Å². The molecule has 2 aromatic rings. The fraction of sp³-hybridized carbons (Fsp3) is 0.400. The van der Waals surface area contributed by atoms with Gasteiger partial charge in [0.25, 0.3) is 10.0 Å². The van der Waals surface area contributed by atoms with Crippen LogP contribution >= 0.6 is 0 Å². The summed E-state index contributed by atoms with van der Waals surface area (Å²) >= 11 is 0. The Morgan fingerprint density at radius 2 is 1.76 bits per heavy atom. The average molecular weight is 359 g/mol. The first kappa shape index (κ1) is 18.0. The maximum Gasteiger partial charge on any atom is 0.261 e. The minimum absolute atomic E-state index is 0.289. The molecule has 1 heterocycles. The third-order valence-electron chi connectivity index (χ3n) is 4.87. The molecule has 0 aliphatic carbocycles. The zero-order chi connectivity index (χ0) is 18.0.